The number of nitro benzene ring substituents is 1. The maximum atomic E-state index is 11.4. The van der Waals surface area contributed by atoms with Gasteiger partial charge in [-0.1, -0.05) is 46.3 Å². The lowest BCUT2D eigenvalue weighted by Crippen LogP contribution is -2.29. The van der Waals surface area contributed by atoms with Crippen LogP contribution in [0.25, 0.3) is 0 Å². The van der Waals surface area contributed by atoms with Gasteiger partial charge in [0.05, 0.1) is 11.5 Å². The first kappa shape index (κ1) is 21.3. The van der Waals surface area contributed by atoms with Crippen LogP contribution in [0.4, 0.5) is 11.4 Å². The summed E-state index contributed by atoms with van der Waals surface area (Å²) in [5.74, 6) is 0. The van der Waals surface area contributed by atoms with Crippen molar-refractivity contribution >= 4 is 27.3 Å². The molecule has 0 aliphatic carbocycles. The predicted octanol–water partition coefficient (Wildman–Crippen LogP) is 4.66. The van der Waals surface area contributed by atoms with E-state index in [0.717, 1.165) is 22.9 Å². The number of benzene rings is 2. The van der Waals surface area contributed by atoms with Gasteiger partial charge in [-0.25, -0.2) is 0 Å². The molecule has 0 aliphatic rings. The molecule has 2 rings (SSSR count). The normalized spacial score (nSPS) is 12.0. The molecule has 0 spiro atoms. The Bertz CT molecular complexity index is 741. The fraction of sp³-hybridized carbons (Fsp3) is 0.400. The quantitative estimate of drug-likeness (QED) is 0.304. The van der Waals surface area contributed by atoms with E-state index in [-0.39, 0.29) is 16.7 Å². The van der Waals surface area contributed by atoms with E-state index in [0.29, 0.717) is 31.0 Å². The second-order valence-electron chi connectivity index (χ2n) is 6.35. The Hall–Kier alpha value is -1.96. The summed E-state index contributed by atoms with van der Waals surface area (Å²) in [6, 6.07) is 13.9. The fourth-order valence-corrected chi connectivity index (χ4v) is 3.18. The summed E-state index contributed by atoms with van der Waals surface area (Å²) in [4.78, 5) is 11.0. The van der Waals surface area contributed by atoms with Crippen molar-refractivity contribution in [2.75, 3.05) is 25.5 Å². The van der Waals surface area contributed by atoms with E-state index in [9.17, 15) is 10.1 Å². The Morgan fingerprint density at radius 2 is 1.93 bits per heavy atom. The molecule has 27 heavy (non-hydrogen) atoms. The molecule has 6 nitrogen and oxygen atoms in total. The number of nitrogens with one attached hydrogen (secondary N) is 2. The van der Waals surface area contributed by atoms with Gasteiger partial charge in [0.2, 0.25) is 0 Å². The average Bonchev–Trinajstić information content (AvgIpc) is 2.67. The van der Waals surface area contributed by atoms with E-state index in [1.165, 1.54) is 0 Å². The second-order valence-corrected chi connectivity index (χ2v) is 7.21. The Morgan fingerprint density at radius 3 is 2.59 bits per heavy atom. The van der Waals surface area contributed by atoms with Gasteiger partial charge in [-0.05, 0) is 44.5 Å². The number of nitrogens with zero attached hydrogens (tertiary/aromatic N) is 1. The monoisotopic (exact) mass is 435 g/mol. The molecule has 1 atom stereocenters. The highest BCUT2D eigenvalue weighted by Crippen LogP contribution is 2.33. The number of hydrogen-bond acceptors (Lipinski definition) is 5. The number of anilines is 1. The highest BCUT2D eigenvalue weighted by molar-refractivity contribution is 9.10. The first-order valence-corrected chi connectivity index (χ1v) is 9.78. The maximum Gasteiger partial charge on any atom is 0.296 e. The Labute approximate surface area is 168 Å². The van der Waals surface area contributed by atoms with Crippen LogP contribution in [0.15, 0.2) is 46.9 Å². The van der Waals surface area contributed by atoms with Gasteiger partial charge in [-0.2, -0.15) is 0 Å². The molecular formula is C20H26BrN3O3. The predicted molar refractivity (Wildman–Crippen MR) is 112 cm³/mol. The summed E-state index contributed by atoms with van der Waals surface area (Å²) in [5.41, 5.74) is 2.47. The molecule has 0 fully saturated rings. The van der Waals surface area contributed by atoms with Crippen LogP contribution in [0, 0.1) is 17.0 Å². The van der Waals surface area contributed by atoms with E-state index in [2.05, 4.69) is 26.6 Å². The molecule has 0 radical (unpaired) electrons. The summed E-state index contributed by atoms with van der Waals surface area (Å²) in [6.45, 7) is 3.66. The summed E-state index contributed by atoms with van der Waals surface area (Å²) in [6.07, 6.45) is 1.73. The molecule has 0 saturated carbocycles. The number of rotatable bonds is 11. The molecule has 0 aliphatic heterocycles. The number of ether oxygens (including phenoxy) is 1. The topological polar surface area (TPSA) is 76.4 Å². The van der Waals surface area contributed by atoms with Gasteiger partial charge >= 0.3 is 0 Å². The molecule has 0 aromatic heterocycles. The zero-order valence-electron chi connectivity index (χ0n) is 15.7. The largest absolute Gasteiger partial charge is 0.379 e. The standard InChI is InChI=1S/C20H26BrN3O3/c1-15-18(21)8-9-19(20(15)24(25)26)23-12-10-17(22-2)11-13-27-14-16-6-4-3-5-7-16/h3-9,17,22-23H,10-14H2,1-2H3. The Balaban J connectivity index is 1.78. The van der Waals surface area contributed by atoms with E-state index in [1.807, 2.05) is 43.4 Å². The minimum atomic E-state index is -0.338. The van der Waals surface area contributed by atoms with Crippen molar-refractivity contribution in [1.82, 2.24) is 5.32 Å². The molecule has 2 aromatic carbocycles. The lowest BCUT2D eigenvalue weighted by atomic mass is 10.1. The third kappa shape index (κ3) is 6.61. The third-order valence-electron chi connectivity index (χ3n) is 4.49. The van der Waals surface area contributed by atoms with Crippen LogP contribution in [0.1, 0.15) is 24.0 Å². The summed E-state index contributed by atoms with van der Waals surface area (Å²) < 4.78 is 6.48. The second kappa shape index (κ2) is 11.0. The van der Waals surface area contributed by atoms with Crippen LogP contribution in [0.3, 0.4) is 0 Å². The lowest BCUT2D eigenvalue weighted by molar-refractivity contribution is -0.384. The van der Waals surface area contributed by atoms with Gasteiger partial charge in [-0.15, -0.1) is 0 Å². The van der Waals surface area contributed by atoms with Crippen LogP contribution in [-0.2, 0) is 11.3 Å². The van der Waals surface area contributed by atoms with Crippen LogP contribution in [-0.4, -0.2) is 31.2 Å². The third-order valence-corrected chi connectivity index (χ3v) is 5.35. The molecule has 146 valence electrons. The first-order chi connectivity index (χ1) is 13.0. The Morgan fingerprint density at radius 1 is 1.19 bits per heavy atom. The van der Waals surface area contributed by atoms with Crippen LogP contribution in [0.2, 0.25) is 0 Å². The molecule has 0 amide bonds. The maximum absolute atomic E-state index is 11.4. The van der Waals surface area contributed by atoms with Crippen molar-refractivity contribution in [3.05, 3.63) is 68.2 Å². The minimum absolute atomic E-state index is 0.122. The Kier molecular flexibility index (Phi) is 8.71. The number of halogens is 1. The van der Waals surface area contributed by atoms with E-state index in [4.69, 9.17) is 4.74 Å². The van der Waals surface area contributed by atoms with Crippen LogP contribution >= 0.6 is 15.9 Å². The van der Waals surface area contributed by atoms with Crippen molar-refractivity contribution in [1.29, 1.82) is 0 Å². The van der Waals surface area contributed by atoms with Crippen molar-refractivity contribution in [2.24, 2.45) is 0 Å². The zero-order valence-corrected chi connectivity index (χ0v) is 17.3. The minimum Gasteiger partial charge on any atom is -0.379 e. The van der Waals surface area contributed by atoms with Gasteiger partial charge < -0.3 is 15.4 Å². The van der Waals surface area contributed by atoms with Crippen LogP contribution in [0.5, 0.6) is 0 Å². The molecule has 1 unspecified atom stereocenters. The van der Waals surface area contributed by atoms with Gasteiger partial charge in [0, 0.05) is 29.2 Å². The first-order valence-electron chi connectivity index (χ1n) is 8.99. The fourth-order valence-electron chi connectivity index (χ4n) is 2.86. The van der Waals surface area contributed by atoms with Gasteiger partial charge in [-0.3, -0.25) is 10.1 Å². The SMILES string of the molecule is CNC(CCNc1ccc(Br)c(C)c1[N+](=O)[O-])CCOCc1ccccc1. The van der Waals surface area contributed by atoms with Gasteiger partial charge in [0.15, 0.2) is 0 Å². The number of hydrogen-bond donors (Lipinski definition) is 2. The molecule has 0 bridgehead atoms. The molecule has 7 heteroatoms. The molecular weight excluding hydrogens is 410 g/mol. The molecule has 0 saturated heterocycles. The molecule has 2 N–H and O–H groups in total. The van der Waals surface area contributed by atoms with Crippen molar-refractivity contribution in [3.63, 3.8) is 0 Å². The van der Waals surface area contributed by atoms with Crippen molar-refractivity contribution < 1.29 is 9.66 Å². The van der Waals surface area contributed by atoms with Crippen molar-refractivity contribution in [3.8, 4) is 0 Å². The van der Waals surface area contributed by atoms with Crippen molar-refractivity contribution in [2.45, 2.75) is 32.4 Å². The zero-order chi connectivity index (χ0) is 19.6. The van der Waals surface area contributed by atoms with Crippen LogP contribution < -0.4 is 10.6 Å². The summed E-state index contributed by atoms with van der Waals surface area (Å²) >= 11 is 3.35. The van der Waals surface area contributed by atoms with E-state index >= 15 is 0 Å². The lowest BCUT2D eigenvalue weighted by Gasteiger charge is -2.17. The number of nitro groups is 1. The summed E-state index contributed by atoms with van der Waals surface area (Å²) in [7, 11) is 1.92. The van der Waals surface area contributed by atoms with E-state index in [1.54, 1.807) is 13.0 Å². The molecule has 0 heterocycles. The highest BCUT2D eigenvalue weighted by Gasteiger charge is 2.19. The summed E-state index contributed by atoms with van der Waals surface area (Å²) in [5, 5.41) is 17.8. The average molecular weight is 436 g/mol. The van der Waals surface area contributed by atoms with E-state index < -0.39 is 0 Å². The van der Waals surface area contributed by atoms with Gasteiger partial charge in [0.25, 0.3) is 5.69 Å². The van der Waals surface area contributed by atoms with Gasteiger partial charge in [0.1, 0.15) is 5.69 Å². The molecule has 2 aromatic rings. The smallest absolute Gasteiger partial charge is 0.296 e. The highest BCUT2D eigenvalue weighted by atomic mass is 79.9.